The number of benzene rings is 1. The second kappa shape index (κ2) is 9.19. The van der Waals surface area contributed by atoms with E-state index in [0.29, 0.717) is 19.5 Å². The summed E-state index contributed by atoms with van der Waals surface area (Å²) in [7, 11) is 0. The summed E-state index contributed by atoms with van der Waals surface area (Å²) in [6.07, 6.45) is 1.02. The molecule has 0 aliphatic carbocycles. The number of nitrogens with zero attached hydrogens (tertiary/aromatic N) is 2. The van der Waals surface area contributed by atoms with Crippen molar-refractivity contribution >= 4 is 12.0 Å². The van der Waals surface area contributed by atoms with Crippen LogP contribution in [0.2, 0.25) is 0 Å². The molecule has 27 heavy (non-hydrogen) atoms. The van der Waals surface area contributed by atoms with Crippen LogP contribution in [0.1, 0.15) is 25.3 Å². The van der Waals surface area contributed by atoms with Gasteiger partial charge in [0, 0.05) is 32.7 Å². The Morgan fingerprint density at radius 2 is 1.93 bits per heavy atom. The van der Waals surface area contributed by atoms with E-state index < -0.39 is 11.6 Å². The lowest BCUT2D eigenvalue weighted by molar-refractivity contribution is -0.130. The Morgan fingerprint density at radius 3 is 2.67 bits per heavy atom. The summed E-state index contributed by atoms with van der Waals surface area (Å²) in [5.74, 6) is -0.107. The van der Waals surface area contributed by atoms with E-state index in [-0.39, 0.29) is 12.5 Å². The number of amides is 2. The van der Waals surface area contributed by atoms with Gasteiger partial charge in [-0.05, 0) is 25.3 Å². The highest BCUT2D eigenvalue weighted by Crippen LogP contribution is 2.30. The molecule has 0 aromatic heterocycles. The van der Waals surface area contributed by atoms with Crippen LogP contribution in [0.25, 0.3) is 0 Å². The zero-order valence-electron chi connectivity index (χ0n) is 16.0. The monoisotopic (exact) mass is 375 g/mol. The number of likely N-dealkylation sites (tertiary alicyclic amines) is 1. The minimum atomic E-state index is -0.848. The van der Waals surface area contributed by atoms with Gasteiger partial charge in [-0.25, -0.2) is 4.79 Å². The molecule has 0 bridgehead atoms. The summed E-state index contributed by atoms with van der Waals surface area (Å²) in [5, 5.41) is 3.00. The third-order valence-corrected chi connectivity index (χ3v) is 5.37. The third-order valence-electron chi connectivity index (χ3n) is 5.37. The molecule has 2 fully saturated rings. The highest BCUT2D eigenvalue weighted by atomic mass is 16.6. The van der Waals surface area contributed by atoms with Crippen LogP contribution in [0.5, 0.6) is 0 Å². The van der Waals surface area contributed by atoms with Crippen LogP contribution >= 0.6 is 0 Å². The second-order valence-electron chi connectivity index (χ2n) is 7.28. The van der Waals surface area contributed by atoms with Gasteiger partial charge < -0.3 is 14.8 Å². The van der Waals surface area contributed by atoms with E-state index in [4.69, 9.17) is 9.47 Å². The van der Waals surface area contributed by atoms with E-state index in [1.165, 1.54) is 0 Å². The predicted molar refractivity (Wildman–Crippen MR) is 101 cm³/mol. The number of carbonyl (C=O) groups is 2. The molecule has 1 aromatic rings. The highest BCUT2D eigenvalue weighted by Gasteiger charge is 2.46. The lowest BCUT2D eigenvalue weighted by atomic mass is 9.98. The van der Waals surface area contributed by atoms with E-state index in [9.17, 15) is 9.59 Å². The van der Waals surface area contributed by atoms with Crippen molar-refractivity contribution < 1.29 is 19.1 Å². The Bertz CT molecular complexity index is 633. The van der Waals surface area contributed by atoms with Gasteiger partial charge in [0.1, 0.15) is 12.1 Å². The highest BCUT2D eigenvalue weighted by molar-refractivity contribution is 5.90. The molecule has 1 atom stereocenters. The van der Waals surface area contributed by atoms with Crippen molar-refractivity contribution in [3.05, 3.63) is 35.9 Å². The van der Waals surface area contributed by atoms with Crippen LogP contribution in [0.4, 0.5) is 4.79 Å². The third kappa shape index (κ3) is 4.99. The maximum atomic E-state index is 12.8. The van der Waals surface area contributed by atoms with Crippen molar-refractivity contribution in [3.63, 3.8) is 0 Å². The minimum Gasteiger partial charge on any atom is -0.445 e. The lowest BCUT2D eigenvalue weighted by Gasteiger charge is -2.33. The Hall–Kier alpha value is -2.12. The Kier molecular flexibility index (Phi) is 6.68. The van der Waals surface area contributed by atoms with Gasteiger partial charge in [-0.1, -0.05) is 30.3 Å². The Morgan fingerprint density at radius 1 is 1.19 bits per heavy atom. The molecule has 148 valence electrons. The number of hydrogen-bond acceptors (Lipinski definition) is 5. The summed E-state index contributed by atoms with van der Waals surface area (Å²) in [6, 6.07) is 9.56. The molecular weight excluding hydrogens is 346 g/mol. The van der Waals surface area contributed by atoms with E-state index in [1.54, 1.807) is 4.90 Å². The zero-order chi connectivity index (χ0) is 19.1. The van der Waals surface area contributed by atoms with E-state index in [2.05, 4.69) is 10.2 Å². The van der Waals surface area contributed by atoms with Crippen molar-refractivity contribution in [3.8, 4) is 0 Å². The first kappa shape index (κ1) is 19.6. The number of morpholine rings is 1. The van der Waals surface area contributed by atoms with E-state index in [0.717, 1.165) is 44.8 Å². The van der Waals surface area contributed by atoms with Crippen molar-refractivity contribution in [1.82, 2.24) is 15.1 Å². The van der Waals surface area contributed by atoms with Crippen LogP contribution in [0, 0.1) is 0 Å². The molecule has 2 amide bonds. The molecule has 1 unspecified atom stereocenters. The molecule has 3 rings (SSSR count). The maximum Gasteiger partial charge on any atom is 0.410 e. The smallest absolute Gasteiger partial charge is 0.410 e. The normalized spacial score (nSPS) is 23.2. The molecule has 2 saturated heterocycles. The van der Waals surface area contributed by atoms with Gasteiger partial charge in [0.15, 0.2) is 0 Å². The number of carbonyl (C=O) groups excluding carboxylic acids is 2. The quantitative estimate of drug-likeness (QED) is 0.818. The summed E-state index contributed by atoms with van der Waals surface area (Å²) in [5.41, 5.74) is 0.0837. The predicted octanol–water partition coefficient (Wildman–Crippen LogP) is 1.63. The molecular formula is C20H29N3O4. The Labute approximate surface area is 160 Å². The van der Waals surface area contributed by atoms with E-state index in [1.807, 2.05) is 37.3 Å². The first-order chi connectivity index (χ1) is 13.1. The van der Waals surface area contributed by atoms with Crippen LogP contribution in [-0.2, 0) is 20.9 Å². The van der Waals surface area contributed by atoms with Crippen LogP contribution in [0.15, 0.2) is 30.3 Å². The van der Waals surface area contributed by atoms with Crippen molar-refractivity contribution in [2.75, 3.05) is 45.9 Å². The fourth-order valence-electron chi connectivity index (χ4n) is 3.63. The summed E-state index contributed by atoms with van der Waals surface area (Å²) in [6.45, 7) is 7.22. The average Bonchev–Trinajstić information content (AvgIpc) is 3.11. The van der Waals surface area contributed by atoms with Crippen LogP contribution in [-0.4, -0.2) is 73.3 Å². The van der Waals surface area contributed by atoms with Gasteiger partial charge in [-0.3, -0.25) is 14.6 Å². The standard InChI is InChI=1S/C20H29N3O4/c1-20(18(24)21-9-11-22-12-14-26-15-13-22)8-5-10-23(20)19(25)27-16-17-6-3-2-4-7-17/h2-4,6-7H,5,8-16H2,1H3,(H,21,24). The summed E-state index contributed by atoms with van der Waals surface area (Å²) >= 11 is 0. The molecule has 2 aliphatic heterocycles. The van der Waals surface area contributed by atoms with Crippen molar-refractivity contribution in [2.24, 2.45) is 0 Å². The fraction of sp³-hybridized carbons (Fsp3) is 0.600. The van der Waals surface area contributed by atoms with Gasteiger partial charge in [-0.15, -0.1) is 0 Å². The molecule has 1 N–H and O–H groups in total. The molecule has 2 aliphatic rings. The second-order valence-corrected chi connectivity index (χ2v) is 7.28. The number of ether oxygens (including phenoxy) is 2. The SMILES string of the molecule is CC1(C(=O)NCCN2CCOCC2)CCCN1C(=O)OCc1ccccc1. The zero-order valence-corrected chi connectivity index (χ0v) is 16.0. The van der Waals surface area contributed by atoms with Gasteiger partial charge in [0.2, 0.25) is 5.91 Å². The molecule has 0 saturated carbocycles. The van der Waals surface area contributed by atoms with Crippen LogP contribution in [0.3, 0.4) is 0 Å². The average molecular weight is 375 g/mol. The topological polar surface area (TPSA) is 71.1 Å². The maximum absolute atomic E-state index is 12.8. The molecule has 0 radical (unpaired) electrons. The summed E-state index contributed by atoms with van der Waals surface area (Å²) < 4.78 is 10.8. The van der Waals surface area contributed by atoms with Gasteiger partial charge in [0.05, 0.1) is 13.2 Å². The molecule has 0 spiro atoms. The van der Waals surface area contributed by atoms with Crippen molar-refractivity contribution in [1.29, 1.82) is 0 Å². The lowest BCUT2D eigenvalue weighted by Crippen LogP contribution is -2.56. The van der Waals surface area contributed by atoms with Crippen LogP contribution < -0.4 is 5.32 Å². The molecule has 1 aromatic carbocycles. The first-order valence-electron chi connectivity index (χ1n) is 9.66. The minimum absolute atomic E-state index is 0.107. The number of hydrogen-bond donors (Lipinski definition) is 1. The number of rotatable bonds is 6. The van der Waals surface area contributed by atoms with Gasteiger partial charge in [0.25, 0.3) is 0 Å². The summed E-state index contributed by atoms with van der Waals surface area (Å²) in [4.78, 5) is 29.2. The Balaban J connectivity index is 1.49. The van der Waals surface area contributed by atoms with Gasteiger partial charge in [-0.2, -0.15) is 0 Å². The molecule has 2 heterocycles. The number of nitrogens with one attached hydrogen (secondary N) is 1. The largest absolute Gasteiger partial charge is 0.445 e. The van der Waals surface area contributed by atoms with Crippen molar-refractivity contribution in [2.45, 2.75) is 31.9 Å². The first-order valence-corrected chi connectivity index (χ1v) is 9.66. The molecule has 7 heteroatoms. The van der Waals surface area contributed by atoms with E-state index >= 15 is 0 Å². The van der Waals surface area contributed by atoms with Gasteiger partial charge >= 0.3 is 6.09 Å². The fourth-order valence-corrected chi connectivity index (χ4v) is 3.63. The molecule has 7 nitrogen and oxygen atoms in total.